The molecule has 1 aromatic rings. The molecule has 0 spiro atoms. The van der Waals surface area contributed by atoms with Gasteiger partial charge in [-0.3, -0.25) is 4.90 Å². The van der Waals surface area contributed by atoms with Crippen LogP contribution in [0.25, 0.3) is 0 Å². The summed E-state index contributed by atoms with van der Waals surface area (Å²) >= 11 is 0. The summed E-state index contributed by atoms with van der Waals surface area (Å²) in [6, 6.07) is 4.97. The van der Waals surface area contributed by atoms with Gasteiger partial charge >= 0.3 is 0 Å². The van der Waals surface area contributed by atoms with E-state index in [0.717, 1.165) is 19.0 Å². The van der Waals surface area contributed by atoms with Gasteiger partial charge in [0.2, 0.25) is 0 Å². The molecule has 2 rings (SSSR count). The van der Waals surface area contributed by atoms with Crippen molar-refractivity contribution >= 4 is 5.69 Å². The Balaban J connectivity index is 1.96. The highest BCUT2D eigenvalue weighted by Gasteiger charge is 2.18. The molecule has 1 aromatic carbocycles. The lowest BCUT2D eigenvalue weighted by Crippen LogP contribution is -2.25. The minimum absolute atomic E-state index is 0.172. The Morgan fingerprint density at radius 1 is 1.32 bits per heavy atom. The Bertz CT molecular complexity index is 385. The van der Waals surface area contributed by atoms with Crippen molar-refractivity contribution in [2.45, 2.75) is 45.6 Å². The number of nitrogens with two attached hydrogens (primary N) is 1. The molecule has 2 nitrogen and oxygen atoms in total. The Labute approximate surface area is 115 Å². The van der Waals surface area contributed by atoms with Gasteiger partial charge in [-0.25, -0.2) is 4.39 Å². The van der Waals surface area contributed by atoms with Gasteiger partial charge in [0.05, 0.1) is 0 Å². The molecule has 1 atom stereocenters. The van der Waals surface area contributed by atoms with Crippen LogP contribution in [-0.2, 0) is 6.54 Å². The summed E-state index contributed by atoms with van der Waals surface area (Å²) in [5, 5.41) is 0. The standard InChI is InChI=1S/C16H25FN2/c1-2-5-13-6-4-10-19(11-9-13)12-14-15(17)7-3-8-16(14)18/h3,7-8,13H,2,4-6,9-12,18H2,1H3. The monoisotopic (exact) mass is 264 g/mol. The number of likely N-dealkylation sites (tertiary alicyclic amines) is 1. The second-order valence-corrected chi connectivity index (χ2v) is 5.67. The SMILES string of the molecule is CCCC1CCCN(Cc2c(N)cccc2F)CC1. The largest absolute Gasteiger partial charge is 0.398 e. The van der Waals surface area contributed by atoms with Crippen molar-refractivity contribution in [3.8, 4) is 0 Å². The van der Waals surface area contributed by atoms with Crippen LogP contribution in [0, 0.1) is 11.7 Å². The van der Waals surface area contributed by atoms with Crippen LogP contribution in [-0.4, -0.2) is 18.0 Å². The Hall–Kier alpha value is -1.09. The lowest BCUT2D eigenvalue weighted by Gasteiger charge is -2.21. The lowest BCUT2D eigenvalue weighted by molar-refractivity contribution is 0.268. The van der Waals surface area contributed by atoms with Crippen LogP contribution in [0.15, 0.2) is 18.2 Å². The lowest BCUT2D eigenvalue weighted by atomic mass is 9.96. The first-order valence-corrected chi connectivity index (χ1v) is 7.46. The number of anilines is 1. The Kier molecular flexibility index (Phi) is 5.20. The van der Waals surface area contributed by atoms with Gasteiger partial charge in [-0.05, 0) is 50.4 Å². The van der Waals surface area contributed by atoms with Crippen LogP contribution in [0.1, 0.15) is 44.6 Å². The number of nitrogen functional groups attached to an aromatic ring is 1. The van der Waals surface area contributed by atoms with E-state index in [2.05, 4.69) is 11.8 Å². The molecular formula is C16H25FN2. The Morgan fingerprint density at radius 2 is 2.16 bits per heavy atom. The van der Waals surface area contributed by atoms with Crippen LogP contribution in [0.4, 0.5) is 10.1 Å². The maximum atomic E-state index is 13.8. The fourth-order valence-corrected chi connectivity index (χ4v) is 3.05. The van der Waals surface area contributed by atoms with Crippen molar-refractivity contribution in [3.05, 3.63) is 29.6 Å². The zero-order valence-corrected chi connectivity index (χ0v) is 11.9. The van der Waals surface area contributed by atoms with E-state index in [4.69, 9.17) is 5.73 Å². The normalized spacial score (nSPS) is 21.3. The fraction of sp³-hybridized carbons (Fsp3) is 0.625. The molecule has 106 valence electrons. The van der Waals surface area contributed by atoms with Crippen LogP contribution in [0.3, 0.4) is 0 Å². The van der Waals surface area contributed by atoms with Crippen molar-refractivity contribution in [2.24, 2.45) is 5.92 Å². The minimum Gasteiger partial charge on any atom is -0.398 e. The van der Waals surface area contributed by atoms with Gasteiger partial charge in [0.15, 0.2) is 0 Å². The first-order valence-electron chi connectivity index (χ1n) is 7.46. The molecule has 1 heterocycles. The van der Waals surface area contributed by atoms with Crippen LogP contribution >= 0.6 is 0 Å². The third kappa shape index (κ3) is 3.93. The van der Waals surface area contributed by atoms with E-state index in [1.54, 1.807) is 12.1 Å². The number of nitrogens with zero attached hydrogens (tertiary/aromatic N) is 1. The van der Waals surface area contributed by atoms with Gasteiger partial charge < -0.3 is 5.73 Å². The van der Waals surface area contributed by atoms with E-state index >= 15 is 0 Å². The highest BCUT2D eigenvalue weighted by Crippen LogP contribution is 2.24. The first kappa shape index (κ1) is 14.3. The molecule has 3 heteroatoms. The zero-order chi connectivity index (χ0) is 13.7. The number of benzene rings is 1. The third-order valence-corrected chi connectivity index (χ3v) is 4.17. The molecule has 1 aliphatic heterocycles. The van der Waals surface area contributed by atoms with Gasteiger partial charge in [0, 0.05) is 17.8 Å². The van der Waals surface area contributed by atoms with Gasteiger partial charge in [-0.2, -0.15) is 0 Å². The summed E-state index contributed by atoms with van der Waals surface area (Å²) in [4.78, 5) is 2.35. The molecule has 0 bridgehead atoms. The predicted molar refractivity (Wildman–Crippen MR) is 78.3 cm³/mol. The summed E-state index contributed by atoms with van der Waals surface area (Å²) in [7, 11) is 0. The summed E-state index contributed by atoms with van der Waals surface area (Å²) < 4.78 is 13.8. The second-order valence-electron chi connectivity index (χ2n) is 5.67. The zero-order valence-electron chi connectivity index (χ0n) is 11.9. The van der Waals surface area contributed by atoms with E-state index in [9.17, 15) is 4.39 Å². The molecule has 0 amide bonds. The fourth-order valence-electron chi connectivity index (χ4n) is 3.05. The summed E-state index contributed by atoms with van der Waals surface area (Å²) in [6.07, 6.45) is 6.37. The molecule has 0 radical (unpaired) electrons. The van der Waals surface area contributed by atoms with E-state index in [0.29, 0.717) is 17.8 Å². The predicted octanol–water partition coefficient (Wildman–Crippen LogP) is 3.81. The molecular weight excluding hydrogens is 239 g/mol. The molecule has 0 aliphatic carbocycles. The minimum atomic E-state index is -0.172. The first-order chi connectivity index (χ1) is 9.20. The number of rotatable bonds is 4. The van der Waals surface area contributed by atoms with Crippen LogP contribution in [0.2, 0.25) is 0 Å². The highest BCUT2D eigenvalue weighted by molar-refractivity contribution is 5.47. The van der Waals surface area contributed by atoms with Gasteiger partial charge in [-0.15, -0.1) is 0 Å². The average molecular weight is 264 g/mol. The molecule has 0 aromatic heterocycles. The maximum absolute atomic E-state index is 13.8. The molecule has 1 saturated heterocycles. The van der Waals surface area contributed by atoms with E-state index in [-0.39, 0.29) is 5.82 Å². The summed E-state index contributed by atoms with van der Waals surface area (Å²) in [5.74, 6) is 0.683. The van der Waals surface area contributed by atoms with Crippen LogP contribution in [0.5, 0.6) is 0 Å². The second kappa shape index (κ2) is 6.90. The molecule has 1 unspecified atom stereocenters. The quantitative estimate of drug-likeness (QED) is 0.838. The molecule has 1 aliphatic rings. The smallest absolute Gasteiger partial charge is 0.129 e. The summed E-state index contributed by atoms with van der Waals surface area (Å²) in [5.41, 5.74) is 7.13. The molecule has 19 heavy (non-hydrogen) atoms. The van der Waals surface area contributed by atoms with E-state index < -0.39 is 0 Å². The maximum Gasteiger partial charge on any atom is 0.129 e. The Morgan fingerprint density at radius 3 is 2.89 bits per heavy atom. The third-order valence-electron chi connectivity index (χ3n) is 4.17. The highest BCUT2D eigenvalue weighted by atomic mass is 19.1. The average Bonchev–Trinajstić information content (AvgIpc) is 2.60. The van der Waals surface area contributed by atoms with E-state index in [1.165, 1.54) is 38.2 Å². The van der Waals surface area contributed by atoms with Crippen molar-refractivity contribution in [1.29, 1.82) is 0 Å². The van der Waals surface area contributed by atoms with Gasteiger partial charge in [0.1, 0.15) is 5.82 Å². The van der Waals surface area contributed by atoms with Crippen LogP contribution < -0.4 is 5.73 Å². The van der Waals surface area contributed by atoms with Crippen molar-refractivity contribution in [2.75, 3.05) is 18.8 Å². The number of hydrogen-bond acceptors (Lipinski definition) is 2. The van der Waals surface area contributed by atoms with E-state index in [1.807, 2.05) is 0 Å². The molecule has 0 saturated carbocycles. The number of hydrogen-bond donors (Lipinski definition) is 1. The van der Waals surface area contributed by atoms with Crippen molar-refractivity contribution < 1.29 is 4.39 Å². The summed E-state index contributed by atoms with van der Waals surface area (Å²) in [6.45, 7) is 5.03. The van der Waals surface area contributed by atoms with Crippen molar-refractivity contribution in [1.82, 2.24) is 4.90 Å². The van der Waals surface area contributed by atoms with Gasteiger partial charge in [0.25, 0.3) is 0 Å². The number of halogens is 1. The van der Waals surface area contributed by atoms with Crippen molar-refractivity contribution in [3.63, 3.8) is 0 Å². The van der Waals surface area contributed by atoms with Gasteiger partial charge in [-0.1, -0.05) is 25.8 Å². The molecule has 1 fully saturated rings. The molecule has 2 N–H and O–H groups in total. The topological polar surface area (TPSA) is 29.3 Å².